The van der Waals surface area contributed by atoms with E-state index >= 15 is 0 Å². The van der Waals surface area contributed by atoms with Crippen molar-refractivity contribution in [1.82, 2.24) is 4.90 Å². The van der Waals surface area contributed by atoms with Gasteiger partial charge in [-0.05, 0) is 24.1 Å². The zero-order chi connectivity index (χ0) is 18.1. The summed E-state index contributed by atoms with van der Waals surface area (Å²) in [5.74, 6) is 0.408. The topological polar surface area (TPSA) is 56.6 Å². The molecule has 0 bridgehead atoms. The second-order valence-corrected chi connectivity index (χ2v) is 6.38. The van der Waals surface area contributed by atoms with Crippen LogP contribution in [0.5, 0.6) is 0 Å². The lowest BCUT2D eigenvalue weighted by molar-refractivity contribution is 0.191. The van der Waals surface area contributed by atoms with Gasteiger partial charge >= 0.3 is 6.03 Å². The van der Waals surface area contributed by atoms with Crippen molar-refractivity contribution >= 4 is 11.7 Å². The summed E-state index contributed by atoms with van der Waals surface area (Å²) in [6.45, 7) is 2.44. The number of carbonyl (C=O) groups is 1. The summed E-state index contributed by atoms with van der Waals surface area (Å²) in [5, 5.41) is 9.93. The number of nitriles is 1. The molecule has 0 aromatic heterocycles. The van der Waals surface area contributed by atoms with Gasteiger partial charge in [0.15, 0.2) is 0 Å². The lowest BCUT2D eigenvalue weighted by Crippen LogP contribution is -2.51. The van der Waals surface area contributed by atoms with Gasteiger partial charge in [0.05, 0.1) is 6.04 Å². The Kier molecular flexibility index (Phi) is 4.10. The molecule has 2 aliphatic heterocycles. The molecule has 2 amide bonds. The number of hydrogen-bond acceptors (Lipinski definition) is 3. The van der Waals surface area contributed by atoms with Gasteiger partial charge in [-0.1, -0.05) is 55.5 Å². The van der Waals surface area contributed by atoms with E-state index in [9.17, 15) is 10.1 Å². The van der Waals surface area contributed by atoms with Crippen LogP contribution < -0.4 is 4.90 Å². The minimum Gasteiger partial charge on any atom is -0.476 e. The van der Waals surface area contributed by atoms with Crippen molar-refractivity contribution in [2.24, 2.45) is 0 Å². The average molecular weight is 345 g/mol. The number of amides is 2. The molecule has 1 fully saturated rings. The Balaban J connectivity index is 1.94. The molecular formula is C21H19N3O2. The fourth-order valence-electron chi connectivity index (χ4n) is 3.62. The van der Waals surface area contributed by atoms with Crippen molar-refractivity contribution < 1.29 is 9.53 Å². The number of urea groups is 1. The van der Waals surface area contributed by atoms with E-state index in [1.807, 2.05) is 67.6 Å². The van der Waals surface area contributed by atoms with Gasteiger partial charge in [-0.25, -0.2) is 4.79 Å². The van der Waals surface area contributed by atoms with Gasteiger partial charge in [-0.15, -0.1) is 0 Å². The smallest absolute Gasteiger partial charge is 0.332 e. The number of hydrogen-bond donors (Lipinski definition) is 0. The maximum atomic E-state index is 13.5. The lowest BCUT2D eigenvalue weighted by Gasteiger charge is -2.40. The molecule has 0 saturated carbocycles. The average Bonchev–Trinajstić information content (AvgIpc) is 3.13. The zero-order valence-corrected chi connectivity index (χ0v) is 14.5. The quantitative estimate of drug-likeness (QED) is 0.837. The predicted octanol–water partition coefficient (Wildman–Crippen LogP) is 4.21. The van der Waals surface area contributed by atoms with E-state index in [4.69, 9.17) is 4.74 Å². The molecule has 0 aliphatic carbocycles. The Morgan fingerprint density at radius 2 is 1.73 bits per heavy atom. The first-order valence-corrected chi connectivity index (χ1v) is 8.75. The fraction of sp³-hybridized carbons (Fsp3) is 0.238. The summed E-state index contributed by atoms with van der Waals surface area (Å²) in [7, 11) is 0. The van der Waals surface area contributed by atoms with Crippen LogP contribution in [-0.2, 0) is 4.74 Å². The van der Waals surface area contributed by atoms with Crippen molar-refractivity contribution in [3.63, 3.8) is 0 Å². The van der Waals surface area contributed by atoms with E-state index in [0.717, 1.165) is 17.7 Å². The normalized spacial score (nSPS) is 22.1. The third-order valence-corrected chi connectivity index (χ3v) is 4.91. The Morgan fingerprint density at radius 3 is 2.35 bits per heavy atom. The molecule has 1 saturated heterocycles. The molecular weight excluding hydrogens is 326 g/mol. The first-order valence-electron chi connectivity index (χ1n) is 8.75. The molecule has 5 heteroatoms. The number of ether oxygens (including phenoxy) is 1. The molecule has 0 radical (unpaired) electrons. The van der Waals surface area contributed by atoms with Crippen LogP contribution in [0.25, 0.3) is 0 Å². The maximum Gasteiger partial charge on any atom is 0.332 e. The van der Waals surface area contributed by atoms with E-state index in [1.54, 1.807) is 9.80 Å². The Morgan fingerprint density at radius 1 is 1.08 bits per heavy atom. The number of para-hydroxylation sites is 1. The third-order valence-electron chi connectivity index (χ3n) is 4.91. The molecule has 2 aromatic carbocycles. The Hall–Kier alpha value is -3.26. The van der Waals surface area contributed by atoms with Crippen LogP contribution in [0.4, 0.5) is 10.5 Å². The number of carbonyl (C=O) groups excluding carboxylic acids is 1. The fourth-order valence-corrected chi connectivity index (χ4v) is 3.62. The molecule has 130 valence electrons. The summed E-state index contributed by atoms with van der Waals surface area (Å²) in [6.07, 6.45) is 0.770. The van der Waals surface area contributed by atoms with Gasteiger partial charge in [0.1, 0.15) is 24.3 Å². The largest absolute Gasteiger partial charge is 0.476 e. The predicted molar refractivity (Wildman–Crippen MR) is 98.0 cm³/mol. The highest BCUT2D eigenvalue weighted by molar-refractivity contribution is 5.96. The van der Waals surface area contributed by atoms with E-state index in [-0.39, 0.29) is 12.1 Å². The lowest BCUT2D eigenvalue weighted by atomic mass is 9.95. The van der Waals surface area contributed by atoms with Gasteiger partial charge in [0, 0.05) is 5.69 Å². The van der Waals surface area contributed by atoms with Gasteiger partial charge in [0.2, 0.25) is 5.88 Å². The SMILES string of the molecule is CC[C@@H]1COC2=C(C#N)[C@@H](c3ccccc3)N(c3ccccc3)C(=O)N21. The van der Waals surface area contributed by atoms with Crippen LogP contribution in [0.3, 0.4) is 0 Å². The van der Waals surface area contributed by atoms with Crippen LogP contribution >= 0.6 is 0 Å². The zero-order valence-electron chi connectivity index (χ0n) is 14.5. The molecule has 26 heavy (non-hydrogen) atoms. The minimum absolute atomic E-state index is 0.0521. The molecule has 4 rings (SSSR count). The minimum atomic E-state index is -0.502. The van der Waals surface area contributed by atoms with E-state index in [0.29, 0.717) is 18.1 Å². The van der Waals surface area contributed by atoms with Crippen molar-refractivity contribution in [1.29, 1.82) is 5.26 Å². The highest BCUT2D eigenvalue weighted by atomic mass is 16.5. The molecule has 2 atom stereocenters. The molecule has 5 nitrogen and oxygen atoms in total. The number of nitrogens with zero attached hydrogens (tertiary/aromatic N) is 3. The van der Waals surface area contributed by atoms with Crippen LogP contribution in [0.1, 0.15) is 24.9 Å². The number of fused-ring (bicyclic) bond motifs is 1. The van der Waals surface area contributed by atoms with Crippen molar-refractivity contribution in [2.75, 3.05) is 11.5 Å². The van der Waals surface area contributed by atoms with E-state index in [2.05, 4.69) is 6.07 Å². The highest BCUT2D eigenvalue weighted by Gasteiger charge is 2.47. The van der Waals surface area contributed by atoms with Gasteiger partial charge in [-0.2, -0.15) is 5.26 Å². The first-order chi connectivity index (χ1) is 12.8. The Labute approximate surface area is 152 Å². The van der Waals surface area contributed by atoms with Crippen LogP contribution in [0.15, 0.2) is 72.1 Å². The second-order valence-electron chi connectivity index (χ2n) is 6.38. The summed E-state index contributed by atoms with van der Waals surface area (Å²) in [6, 6.07) is 20.7. The highest BCUT2D eigenvalue weighted by Crippen LogP contribution is 2.43. The second kappa shape index (κ2) is 6.57. The van der Waals surface area contributed by atoms with Crippen LogP contribution in [-0.4, -0.2) is 23.6 Å². The summed E-state index contributed by atoms with van der Waals surface area (Å²) in [4.78, 5) is 16.8. The number of anilines is 1. The van der Waals surface area contributed by atoms with Crippen LogP contribution in [0, 0.1) is 11.3 Å². The standard InChI is InChI=1S/C21H19N3O2/c1-2-16-14-26-20-18(13-22)19(15-9-5-3-6-10-15)23(21(25)24(16)20)17-11-7-4-8-12-17/h3-12,16,19H,2,14H2,1H3/t16-,19-/m1/s1. The van der Waals surface area contributed by atoms with E-state index < -0.39 is 6.04 Å². The number of benzene rings is 2. The molecule has 0 unspecified atom stereocenters. The van der Waals surface area contributed by atoms with E-state index in [1.165, 1.54) is 0 Å². The maximum absolute atomic E-state index is 13.5. The molecule has 2 heterocycles. The number of rotatable bonds is 3. The molecule has 2 aliphatic rings. The van der Waals surface area contributed by atoms with Gasteiger partial charge in [0.25, 0.3) is 0 Å². The monoisotopic (exact) mass is 345 g/mol. The summed E-state index contributed by atoms with van der Waals surface area (Å²) < 4.78 is 5.81. The summed E-state index contributed by atoms with van der Waals surface area (Å²) in [5.41, 5.74) is 2.12. The first kappa shape index (κ1) is 16.2. The van der Waals surface area contributed by atoms with Crippen molar-refractivity contribution in [2.45, 2.75) is 25.4 Å². The molecule has 0 N–H and O–H groups in total. The van der Waals surface area contributed by atoms with Crippen LogP contribution in [0.2, 0.25) is 0 Å². The van der Waals surface area contributed by atoms with Crippen molar-refractivity contribution in [3.05, 3.63) is 77.7 Å². The molecule has 2 aromatic rings. The van der Waals surface area contributed by atoms with Gasteiger partial charge < -0.3 is 4.74 Å². The third kappa shape index (κ3) is 2.42. The Bertz CT molecular complexity index is 886. The molecule has 0 spiro atoms. The summed E-state index contributed by atoms with van der Waals surface area (Å²) >= 11 is 0. The van der Waals surface area contributed by atoms with Gasteiger partial charge in [-0.3, -0.25) is 9.80 Å². The van der Waals surface area contributed by atoms with Crippen molar-refractivity contribution in [3.8, 4) is 6.07 Å².